The molecule has 0 amide bonds. The van der Waals surface area contributed by atoms with E-state index in [1.54, 1.807) is 4.68 Å². The monoisotopic (exact) mass is 308 g/mol. The molecule has 0 unspecified atom stereocenters. The van der Waals surface area contributed by atoms with Crippen molar-refractivity contribution in [3.63, 3.8) is 0 Å². The molecule has 0 fully saturated rings. The zero-order chi connectivity index (χ0) is 16.2. The maximum atomic E-state index is 6.02. The number of ether oxygens (including phenoxy) is 1. The molecule has 118 valence electrons. The fourth-order valence-corrected chi connectivity index (χ4v) is 2.45. The van der Waals surface area contributed by atoms with Gasteiger partial charge in [-0.25, -0.2) is 0 Å². The molecule has 5 heteroatoms. The highest BCUT2D eigenvalue weighted by molar-refractivity contribution is 5.39. The summed E-state index contributed by atoms with van der Waals surface area (Å²) in [5, 5.41) is 11.9. The highest BCUT2D eigenvalue weighted by Crippen LogP contribution is 2.28. The van der Waals surface area contributed by atoms with Gasteiger partial charge in [0.15, 0.2) is 5.82 Å². The molecule has 3 aromatic rings. The molecule has 0 radical (unpaired) electrons. The van der Waals surface area contributed by atoms with E-state index in [0.717, 1.165) is 11.4 Å². The third-order valence-electron chi connectivity index (χ3n) is 3.68. The summed E-state index contributed by atoms with van der Waals surface area (Å²) in [7, 11) is 0. The van der Waals surface area contributed by atoms with Crippen LogP contribution in [0.15, 0.2) is 48.5 Å². The van der Waals surface area contributed by atoms with E-state index in [-0.39, 0.29) is 0 Å². The number of tetrazole rings is 1. The Bertz CT molecular complexity index is 781. The quantitative estimate of drug-likeness (QED) is 0.721. The molecule has 5 nitrogen and oxygen atoms in total. The van der Waals surface area contributed by atoms with Gasteiger partial charge in [0.2, 0.25) is 0 Å². The van der Waals surface area contributed by atoms with Crippen molar-refractivity contribution in [2.24, 2.45) is 0 Å². The molecule has 0 bridgehead atoms. The summed E-state index contributed by atoms with van der Waals surface area (Å²) in [5.41, 5.74) is 3.28. The Hall–Kier alpha value is -2.69. The maximum Gasteiger partial charge on any atom is 0.194 e. The highest BCUT2D eigenvalue weighted by Gasteiger charge is 2.12. The normalized spacial score (nSPS) is 11.0. The van der Waals surface area contributed by atoms with Crippen molar-refractivity contribution < 1.29 is 4.74 Å². The van der Waals surface area contributed by atoms with Crippen LogP contribution in [0.2, 0.25) is 0 Å². The summed E-state index contributed by atoms with van der Waals surface area (Å²) in [6.45, 7) is 6.70. The molecule has 0 N–H and O–H groups in total. The van der Waals surface area contributed by atoms with Crippen LogP contribution in [0.4, 0.5) is 0 Å². The van der Waals surface area contributed by atoms with E-state index in [9.17, 15) is 0 Å². The van der Waals surface area contributed by atoms with E-state index in [2.05, 4.69) is 54.5 Å². The van der Waals surface area contributed by atoms with Gasteiger partial charge in [0.25, 0.3) is 0 Å². The van der Waals surface area contributed by atoms with Gasteiger partial charge in [-0.1, -0.05) is 44.2 Å². The van der Waals surface area contributed by atoms with Gasteiger partial charge >= 0.3 is 0 Å². The van der Waals surface area contributed by atoms with E-state index in [0.29, 0.717) is 18.3 Å². The lowest BCUT2D eigenvalue weighted by Crippen LogP contribution is -2.08. The maximum absolute atomic E-state index is 6.02. The number of aromatic nitrogens is 4. The summed E-state index contributed by atoms with van der Waals surface area (Å²) in [6, 6.07) is 16.1. The summed E-state index contributed by atoms with van der Waals surface area (Å²) in [5.74, 6) is 1.96. The van der Waals surface area contributed by atoms with Crippen LogP contribution in [0.5, 0.6) is 5.75 Å². The van der Waals surface area contributed by atoms with Gasteiger partial charge in [0.05, 0.1) is 5.69 Å². The molecule has 0 aliphatic carbocycles. The fourth-order valence-electron chi connectivity index (χ4n) is 2.45. The number of para-hydroxylation sites is 1. The second-order valence-electron chi connectivity index (χ2n) is 5.83. The van der Waals surface area contributed by atoms with Crippen LogP contribution < -0.4 is 4.74 Å². The van der Waals surface area contributed by atoms with Crippen molar-refractivity contribution in [2.45, 2.75) is 33.3 Å². The van der Waals surface area contributed by atoms with Crippen molar-refractivity contribution in [3.05, 3.63) is 65.5 Å². The van der Waals surface area contributed by atoms with Crippen LogP contribution in [-0.4, -0.2) is 20.2 Å². The summed E-state index contributed by atoms with van der Waals surface area (Å²) < 4.78 is 7.72. The molecule has 0 atom stereocenters. The van der Waals surface area contributed by atoms with Crippen LogP contribution in [0.3, 0.4) is 0 Å². The van der Waals surface area contributed by atoms with Gasteiger partial charge in [-0.15, -0.1) is 5.10 Å². The van der Waals surface area contributed by atoms with Crippen LogP contribution in [0.25, 0.3) is 5.69 Å². The predicted octanol–water partition coefficient (Wildman–Crippen LogP) is 3.67. The van der Waals surface area contributed by atoms with Crippen molar-refractivity contribution in [1.29, 1.82) is 0 Å². The number of hydrogen-bond donors (Lipinski definition) is 0. The Morgan fingerprint density at radius 2 is 1.87 bits per heavy atom. The third-order valence-corrected chi connectivity index (χ3v) is 3.68. The third kappa shape index (κ3) is 3.39. The minimum Gasteiger partial charge on any atom is -0.485 e. The molecule has 0 aliphatic rings. The zero-order valence-corrected chi connectivity index (χ0v) is 13.6. The SMILES string of the molecule is Cc1ccc(C(C)C)c(OCc2nnnn2-c2ccccc2)c1. The number of benzene rings is 2. The zero-order valence-electron chi connectivity index (χ0n) is 13.6. The fraction of sp³-hybridized carbons (Fsp3) is 0.278. The summed E-state index contributed by atoms with van der Waals surface area (Å²) >= 11 is 0. The molecular weight excluding hydrogens is 288 g/mol. The molecule has 3 rings (SSSR count). The first-order chi connectivity index (χ1) is 11.1. The Kier molecular flexibility index (Phi) is 4.37. The lowest BCUT2D eigenvalue weighted by atomic mass is 10.0. The second kappa shape index (κ2) is 6.60. The molecule has 1 aromatic heterocycles. The molecule has 23 heavy (non-hydrogen) atoms. The minimum atomic E-state index is 0.324. The standard InChI is InChI=1S/C18H20N4O/c1-13(2)16-10-9-14(3)11-17(16)23-12-18-19-20-21-22(18)15-7-5-4-6-8-15/h4-11,13H,12H2,1-3H3. The van der Waals surface area contributed by atoms with E-state index in [1.165, 1.54) is 11.1 Å². The molecule has 1 heterocycles. The topological polar surface area (TPSA) is 52.8 Å². The smallest absolute Gasteiger partial charge is 0.194 e. The van der Waals surface area contributed by atoms with Gasteiger partial charge in [0.1, 0.15) is 12.4 Å². The first kappa shape index (κ1) is 15.2. The van der Waals surface area contributed by atoms with Crippen LogP contribution >= 0.6 is 0 Å². The lowest BCUT2D eigenvalue weighted by molar-refractivity contribution is 0.288. The van der Waals surface area contributed by atoms with Gasteiger partial charge < -0.3 is 4.74 Å². The first-order valence-corrected chi connectivity index (χ1v) is 7.71. The molecule has 0 aliphatic heterocycles. The van der Waals surface area contributed by atoms with Gasteiger partial charge in [-0.05, 0) is 52.6 Å². The predicted molar refractivity (Wildman–Crippen MR) is 88.8 cm³/mol. The Labute approximate surface area is 135 Å². The van der Waals surface area contributed by atoms with Crippen molar-refractivity contribution in [3.8, 4) is 11.4 Å². The minimum absolute atomic E-state index is 0.324. The molecule has 2 aromatic carbocycles. The lowest BCUT2D eigenvalue weighted by Gasteiger charge is -2.14. The number of nitrogens with zero attached hydrogens (tertiary/aromatic N) is 4. The molecule has 0 saturated carbocycles. The Morgan fingerprint density at radius 1 is 1.09 bits per heavy atom. The highest BCUT2D eigenvalue weighted by atomic mass is 16.5. The first-order valence-electron chi connectivity index (χ1n) is 7.71. The van der Waals surface area contributed by atoms with Gasteiger partial charge in [0, 0.05) is 0 Å². The average molecular weight is 308 g/mol. The van der Waals surface area contributed by atoms with Crippen molar-refractivity contribution in [2.75, 3.05) is 0 Å². The Balaban J connectivity index is 1.83. The average Bonchev–Trinajstić information content (AvgIpc) is 3.02. The van der Waals surface area contributed by atoms with Crippen molar-refractivity contribution in [1.82, 2.24) is 20.2 Å². The van der Waals surface area contributed by atoms with Gasteiger partial charge in [-0.3, -0.25) is 0 Å². The van der Waals surface area contributed by atoms with Crippen LogP contribution in [-0.2, 0) is 6.61 Å². The number of hydrogen-bond acceptors (Lipinski definition) is 4. The van der Waals surface area contributed by atoms with E-state index in [4.69, 9.17) is 4.74 Å². The number of aryl methyl sites for hydroxylation is 1. The van der Waals surface area contributed by atoms with Crippen LogP contribution in [0, 0.1) is 6.92 Å². The Morgan fingerprint density at radius 3 is 2.61 bits per heavy atom. The van der Waals surface area contributed by atoms with E-state index < -0.39 is 0 Å². The molecule has 0 saturated heterocycles. The molecular formula is C18H20N4O. The summed E-state index contributed by atoms with van der Waals surface area (Å²) in [6.07, 6.45) is 0. The van der Waals surface area contributed by atoms with E-state index >= 15 is 0 Å². The number of rotatable bonds is 5. The largest absolute Gasteiger partial charge is 0.485 e. The molecule has 0 spiro atoms. The second-order valence-corrected chi connectivity index (χ2v) is 5.83. The van der Waals surface area contributed by atoms with Crippen LogP contribution in [0.1, 0.15) is 36.7 Å². The summed E-state index contributed by atoms with van der Waals surface area (Å²) in [4.78, 5) is 0. The van der Waals surface area contributed by atoms with Crippen molar-refractivity contribution >= 4 is 0 Å². The van der Waals surface area contributed by atoms with Gasteiger partial charge in [-0.2, -0.15) is 4.68 Å². The van der Waals surface area contributed by atoms with E-state index in [1.807, 2.05) is 30.3 Å².